The van der Waals surface area contributed by atoms with E-state index in [0.717, 1.165) is 16.8 Å². The SMILES string of the molecule is COC[C@H](C)NC(=O)c1cn2ncnc(Nc3cc(NC(C)=O)ccc3C)c2c1C. The Morgan fingerprint density at radius 2 is 2.03 bits per heavy atom. The fourth-order valence-corrected chi connectivity index (χ4v) is 3.24. The van der Waals surface area contributed by atoms with Gasteiger partial charge in [-0.05, 0) is 44.0 Å². The lowest BCUT2D eigenvalue weighted by molar-refractivity contribution is -0.114. The van der Waals surface area contributed by atoms with E-state index in [-0.39, 0.29) is 17.9 Å². The first kappa shape index (κ1) is 21.3. The fourth-order valence-electron chi connectivity index (χ4n) is 3.24. The summed E-state index contributed by atoms with van der Waals surface area (Å²) in [6.07, 6.45) is 3.12. The maximum atomic E-state index is 12.7. The van der Waals surface area contributed by atoms with Gasteiger partial charge >= 0.3 is 0 Å². The molecule has 0 spiro atoms. The van der Waals surface area contributed by atoms with E-state index < -0.39 is 0 Å². The normalized spacial score (nSPS) is 11.9. The summed E-state index contributed by atoms with van der Waals surface area (Å²) in [6, 6.07) is 5.47. The number of ether oxygens (including phenoxy) is 1. The standard InChI is InChI=1S/C21H26N6O3/c1-12-6-7-16(25-15(4)28)8-18(12)26-20-19-14(3)17(9-27(19)23-11-22-20)21(29)24-13(2)10-30-5/h6-9,11,13H,10H2,1-5H3,(H,24,29)(H,25,28)(H,22,23,26)/t13-/m0/s1. The number of hydrogen-bond acceptors (Lipinski definition) is 6. The summed E-state index contributed by atoms with van der Waals surface area (Å²) in [5, 5.41) is 13.2. The number of carbonyl (C=O) groups is 2. The van der Waals surface area contributed by atoms with Gasteiger partial charge in [0.05, 0.1) is 12.2 Å². The van der Waals surface area contributed by atoms with Crippen molar-refractivity contribution in [2.45, 2.75) is 33.7 Å². The Balaban J connectivity index is 1.95. The molecule has 0 saturated carbocycles. The Labute approximate surface area is 174 Å². The molecule has 1 aromatic carbocycles. The number of rotatable bonds is 7. The topological polar surface area (TPSA) is 110 Å². The second-order valence-electron chi connectivity index (χ2n) is 7.24. The van der Waals surface area contributed by atoms with Gasteiger partial charge in [-0.3, -0.25) is 9.59 Å². The van der Waals surface area contributed by atoms with Gasteiger partial charge in [-0.2, -0.15) is 5.10 Å². The first-order valence-corrected chi connectivity index (χ1v) is 9.58. The number of nitrogens with zero attached hydrogens (tertiary/aromatic N) is 3. The summed E-state index contributed by atoms with van der Waals surface area (Å²) < 4.78 is 6.71. The number of anilines is 3. The van der Waals surface area contributed by atoms with Crippen LogP contribution in [0.1, 0.15) is 35.3 Å². The molecule has 3 rings (SSSR count). The van der Waals surface area contributed by atoms with Gasteiger partial charge in [0.15, 0.2) is 5.82 Å². The number of benzene rings is 1. The molecule has 0 aliphatic rings. The quantitative estimate of drug-likeness (QED) is 0.553. The minimum absolute atomic E-state index is 0.118. The van der Waals surface area contributed by atoms with Gasteiger partial charge in [-0.25, -0.2) is 9.50 Å². The Morgan fingerprint density at radius 3 is 2.73 bits per heavy atom. The summed E-state index contributed by atoms with van der Waals surface area (Å²) in [4.78, 5) is 28.4. The molecule has 2 aromatic heterocycles. The summed E-state index contributed by atoms with van der Waals surface area (Å²) in [5.74, 6) is 0.224. The van der Waals surface area contributed by atoms with Crippen LogP contribution in [0, 0.1) is 13.8 Å². The van der Waals surface area contributed by atoms with Crippen LogP contribution in [0.25, 0.3) is 5.52 Å². The largest absolute Gasteiger partial charge is 0.383 e. The zero-order valence-electron chi connectivity index (χ0n) is 17.7. The van der Waals surface area contributed by atoms with Gasteiger partial charge in [-0.1, -0.05) is 6.07 Å². The second-order valence-corrected chi connectivity index (χ2v) is 7.24. The highest BCUT2D eigenvalue weighted by molar-refractivity contribution is 5.99. The zero-order chi connectivity index (χ0) is 21.8. The molecular weight excluding hydrogens is 384 g/mol. The Bertz CT molecular complexity index is 1090. The number of fused-ring (bicyclic) bond motifs is 1. The van der Waals surface area contributed by atoms with Crippen LogP contribution in [0.15, 0.2) is 30.7 Å². The summed E-state index contributed by atoms with van der Waals surface area (Å²) >= 11 is 0. The third-order valence-electron chi connectivity index (χ3n) is 4.68. The van der Waals surface area contributed by atoms with Gasteiger partial charge in [-0.15, -0.1) is 0 Å². The van der Waals surface area contributed by atoms with Crippen molar-refractivity contribution < 1.29 is 14.3 Å². The number of aryl methyl sites for hydroxylation is 2. The summed E-state index contributed by atoms with van der Waals surface area (Å²) in [7, 11) is 1.59. The number of amides is 2. The Hall–Kier alpha value is -3.46. The highest BCUT2D eigenvalue weighted by Crippen LogP contribution is 2.28. The van der Waals surface area contributed by atoms with Crippen molar-refractivity contribution >= 4 is 34.5 Å². The second kappa shape index (κ2) is 8.91. The monoisotopic (exact) mass is 410 g/mol. The van der Waals surface area contributed by atoms with Crippen molar-refractivity contribution in [3.63, 3.8) is 0 Å². The lowest BCUT2D eigenvalue weighted by Gasteiger charge is -2.13. The number of nitrogens with one attached hydrogen (secondary N) is 3. The van der Waals surface area contributed by atoms with Crippen LogP contribution in [0.5, 0.6) is 0 Å². The number of aromatic nitrogens is 3. The van der Waals surface area contributed by atoms with Crippen molar-refractivity contribution in [3.8, 4) is 0 Å². The molecule has 2 amide bonds. The number of methoxy groups -OCH3 is 1. The predicted molar refractivity (Wildman–Crippen MR) is 115 cm³/mol. The first-order valence-electron chi connectivity index (χ1n) is 9.58. The van der Waals surface area contributed by atoms with Crippen LogP contribution < -0.4 is 16.0 Å². The predicted octanol–water partition coefficient (Wildman–Crippen LogP) is 2.81. The maximum absolute atomic E-state index is 12.7. The minimum atomic E-state index is -0.197. The van der Waals surface area contributed by atoms with Gasteiger partial charge < -0.3 is 20.7 Å². The van der Waals surface area contributed by atoms with Crippen LogP contribution >= 0.6 is 0 Å². The van der Waals surface area contributed by atoms with Crippen LogP contribution in [0.3, 0.4) is 0 Å². The van der Waals surface area contributed by atoms with E-state index in [0.29, 0.717) is 29.2 Å². The number of carbonyl (C=O) groups excluding carboxylic acids is 2. The van der Waals surface area contributed by atoms with Crippen molar-refractivity contribution in [1.29, 1.82) is 0 Å². The molecule has 0 saturated heterocycles. The molecule has 2 heterocycles. The zero-order valence-corrected chi connectivity index (χ0v) is 17.7. The van der Waals surface area contributed by atoms with E-state index in [2.05, 4.69) is 26.0 Å². The van der Waals surface area contributed by atoms with E-state index >= 15 is 0 Å². The molecule has 9 nitrogen and oxygen atoms in total. The van der Waals surface area contributed by atoms with Crippen LogP contribution in [-0.4, -0.2) is 46.2 Å². The van der Waals surface area contributed by atoms with Crippen molar-refractivity contribution in [2.24, 2.45) is 0 Å². The first-order chi connectivity index (χ1) is 14.3. The van der Waals surface area contributed by atoms with Crippen LogP contribution in [0.4, 0.5) is 17.2 Å². The molecule has 0 aliphatic heterocycles. The lowest BCUT2D eigenvalue weighted by atomic mass is 10.1. The molecule has 158 valence electrons. The molecule has 0 fully saturated rings. The fraction of sp³-hybridized carbons (Fsp3) is 0.333. The van der Waals surface area contributed by atoms with Crippen LogP contribution in [0.2, 0.25) is 0 Å². The molecule has 0 bridgehead atoms. The smallest absolute Gasteiger partial charge is 0.253 e. The van der Waals surface area contributed by atoms with Gasteiger partial charge in [0, 0.05) is 37.6 Å². The third-order valence-corrected chi connectivity index (χ3v) is 4.68. The van der Waals surface area contributed by atoms with E-state index in [1.165, 1.54) is 13.3 Å². The molecule has 30 heavy (non-hydrogen) atoms. The van der Waals surface area contributed by atoms with Crippen LogP contribution in [-0.2, 0) is 9.53 Å². The van der Waals surface area contributed by atoms with E-state index in [1.54, 1.807) is 17.8 Å². The Kier molecular flexibility index (Phi) is 6.31. The highest BCUT2D eigenvalue weighted by Gasteiger charge is 2.19. The average Bonchev–Trinajstić information content (AvgIpc) is 3.02. The van der Waals surface area contributed by atoms with Gasteiger partial charge in [0.25, 0.3) is 5.91 Å². The molecular formula is C21H26N6O3. The highest BCUT2D eigenvalue weighted by atomic mass is 16.5. The molecule has 0 unspecified atom stereocenters. The van der Waals surface area contributed by atoms with Crippen molar-refractivity contribution in [3.05, 3.63) is 47.4 Å². The lowest BCUT2D eigenvalue weighted by Crippen LogP contribution is -2.35. The van der Waals surface area contributed by atoms with Crippen molar-refractivity contribution in [1.82, 2.24) is 19.9 Å². The van der Waals surface area contributed by atoms with Gasteiger partial charge in [0.1, 0.15) is 11.8 Å². The van der Waals surface area contributed by atoms with E-state index in [4.69, 9.17) is 4.74 Å². The summed E-state index contributed by atoms with van der Waals surface area (Å²) in [5.41, 5.74) is 4.44. The molecule has 0 radical (unpaired) electrons. The van der Waals surface area contributed by atoms with E-state index in [1.807, 2.05) is 39.0 Å². The summed E-state index contributed by atoms with van der Waals surface area (Å²) in [6.45, 7) is 7.59. The molecule has 3 aromatic rings. The molecule has 1 atom stereocenters. The van der Waals surface area contributed by atoms with Gasteiger partial charge in [0.2, 0.25) is 5.91 Å². The minimum Gasteiger partial charge on any atom is -0.383 e. The average molecular weight is 410 g/mol. The third kappa shape index (κ3) is 4.57. The molecule has 3 N–H and O–H groups in total. The Morgan fingerprint density at radius 1 is 1.27 bits per heavy atom. The maximum Gasteiger partial charge on any atom is 0.253 e. The molecule has 9 heteroatoms. The number of hydrogen-bond donors (Lipinski definition) is 3. The van der Waals surface area contributed by atoms with Crippen molar-refractivity contribution in [2.75, 3.05) is 24.4 Å². The molecule has 0 aliphatic carbocycles. The van der Waals surface area contributed by atoms with E-state index in [9.17, 15) is 9.59 Å².